The molecule has 0 unspecified atom stereocenters. The molecule has 28 heavy (non-hydrogen) atoms. The van der Waals surface area contributed by atoms with Crippen molar-refractivity contribution >= 4 is 11.9 Å². The van der Waals surface area contributed by atoms with Gasteiger partial charge in [0.15, 0.2) is 0 Å². The molecule has 1 aliphatic rings. The van der Waals surface area contributed by atoms with Crippen molar-refractivity contribution in [2.45, 2.75) is 51.2 Å². The van der Waals surface area contributed by atoms with Gasteiger partial charge in [0.25, 0.3) is 0 Å². The Morgan fingerprint density at radius 2 is 1.71 bits per heavy atom. The van der Waals surface area contributed by atoms with Crippen molar-refractivity contribution < 1.29 is 19.4 Å². The van der Waals surface area contributed by atoms with Crippen LogP contribution in [0.1, 0.15) is 43.2 Å². The van der Waals surface area contributed by atoms with E-state index in [0.717, 1.165) is 43.2 Å². The highest BCUT2D eigenvalue weighted by molar-refractivity contribution is 5.85. The van der Waals surface area contributed by atoms with Crippen LogP contribution in [0.2, 0.25) is 0 Å². The minimum absolute atomic E-state index is 0.0591. The molecule has 5 heteroatoms. The normalized spacial score (nSPS) is 15.6. The van der Waals surface area contributed by atoms with Gasteiger partial charge in [-0.15, -0.1) is 0 Å². The Morgan fingerprint density at radius 1 is 1.00 bits per heavy atom. The molecule has 0 bridgehead atoms. The highest BCUT2D eigenvalue weighted by Gasteiger charge is 2.26. The quantitative estimate of drug-likeness (QED) is 0.726. The van der Waals surface area contributed by atoms with Gasteiger partial charge >= 0.3 is 5.97 Å². The van der Waals surface area contributed by atoms with Crippen molar-refractivity contribution in [2.75, 3.05) is 0 Å². The summed E-state index contributed by atoms with van der Waals surface area (Å²) in [7, 11) is 0. The van der Waals surface area contributed by atoms with Crippen LogP contribution in [0, 0.1) is 5.92 Å². The molecule has 1 atom stereocenters. The molecule has 148 valence electrons. The van der Waals surface area contributed by atoms with Crippen LogP contribution in [0.3, 0.4) is 0 Å². The molecule has 3 rings (SSSR count). The summed E-state index contributed by atoms with van der Waals surface area (Å²) in [6.07, 6.45) is 5.16. The van der Waals surface area contributed by atoms with Crippen LogP contribution in [0.4, 0.5) is 0 Å². The first-order chi connectivity index (χ1) is 13.6. The predicted octanol–water partition coefficient (Wildman–Crippen LogP) is 3.96. The van der Waals surface area contributed by atoms with Crippen molar-refractivity contribution in [3.05, 3.63) is 65.7 Å². The predicted molar refractivity (Wildman–Crippen MR) is 107 cm³/mol. The molecule has 1 saturated carbocycles. The number of nitrogens with one attached hydrogen (secondary N) is 1. The maximum Gasteiger partial charge on any atom is 0.326 e. The third kappa shape index (κ3) is 5.84. The molecule has 2 aromatic carbocycles. The van der Waals surface area contributed by atoms with Crippen LogP contribution in [-0.4, -0.2) is 23.0 Å². The van der Waals surface area contributed by atoms with E-state index in [1.54, 1.807) is 0 Å². The number of hydrogen-bond acceptors (Lipinski definition) is 3. The first kappa shape index (κ1) is 19.9. The fraction of sp³-hybridized carbons (Fsp3) is 0.391. The number of hydrogen-bond donors (Lipinski definition) is 2. The summed E-state index contributed by atoms with van der Waals surface area (Å²) < 4.78 is 5.82. The minimum Gasteiger partial charge on any atom is -0.489 e. The molecule has 0 spiro atoms. The number of rotatable bonds is 8. The lowest BCUT2D eigenvalue weighted by molar-refractivity contribution is -0.142. The molecule has 0 radical (unpaired) electrons. The number of aliphatic carboxylic acids is 1. The summed E-state index contributed by atoms with van der Waals surface area (Å²) in [4.78, 5) is 24.1. The van der Waals surface area contributed by atoms with E-state index >= 15 is 0 Å². The first-order valence-electron chi connectivity index (χ1n) is 9.90. The molecule has 0 aliphatic heterocycles. The zero-order valence-corrected chi connectivity index (χ0v) is 16.0. The van der Waals surface area contributed by atoms with Gasteiger partial charge in [0.1, 0.15) is 18.4 Å². The number of ether oxygens (including phenoxy) is 1. The maximum atomic E-state index is 12.4. The van der Waals surface area contributed by atoms with Crippen LogP contribution in [0.25, 0.3) is 0 Å². The summed E-state index contributed by atoms with van der Waals surface area (Å²) in [6, 6.07) is 16.3. The molecule has 0 heterocycles. The fourth-order valence-corrected chi connectivity index (χ4v) is 3.59. The second-order valence-corrected chi connectivity index (χ2v) is 7.36. The summed E-state index contributed by atoms with van der Waals surface area (Å²) in [5.74, 6) is -0.524. The van der Waals surface area contributed by atoms with E-state index in [1.807, 2.05) is 54.6 Å². The SMILES string of the molecule is O=C(N[C@H](Cc1cccc(OCc2ccccc2)c1)C(=O)O)C1CCCCC1. The largest absolute Gasteiger partial charge is 0.489 e. The molecule has 2 N–H and O–H groups in total. The Hall–Kier alpha value is -2.82. The Labute approximate surface area is 165 Å². The lowest BCUT2D eigenvalue weighted by Crippen LogP contribution is -2.45. The summed E-state index contributed by atoms with van der Waals surface area (Å²) in [6.45, 7) is 0.449. The average molecular weight is 381 g/mol. The van der Waals surface area contributed by atoms with Gasteiger partial charge in [-0.25, -0.2) is 4.79 Å². The third-order valence-corrected chi connectivity index (χ3v) is 5.18. The zero-order valence-electron chi connectivity index (χ0n) is 16.0. The second kappa shape index (κ2) is 9.93. The van der Waals surface area contributed by atoms with Crippen LogP contribution < -0.4 is 10.1 Å². The van der Waals surface area contributed by atoms with Crippen LogP contribution in [-0.2, 0) is 22.6 Å². The van der Waals surface area contributed by atoms with Crippen molar-refractivity contribution in [1.82, 2.24) is 5.32 Å². The number of carboxylic acid groups (broad SMARTS) is 1. The molecule has 1 amide bonds. The summed E-state index contributed by atoms with van der Waals surface area (Å²) in [5.41, 5.74) is 1.89. The van der Waals surface area contributed by atoms with Gasteiger partial charge in [-0.2, -0.15) is 0 Å². The van der Waals surface area contributed by atoms with Crippen LogP contribution in [0.5, 0.6) is 5.75 Å². The van der Waals surface area contributed by atoms with Crippen molar-refractivity contribution in [2.24, 2.45) is 5.92 Å². The van der Waals surface area contributed by atoms with E-state index in [9.17, 15) is 14.7 Å². The number of benzene rings is 2. The van der Waals surface area contributed by atoms with Gasteiger partial charge in [0.2, 0.25) is 5.91 Å². The Balaban J connectivity index is 1.59. The van der Waals surface area contributed by atoms with Crippen LogP contribution >= 0.6 is 0 Å². The van der Waals surface area contributed by atoms with Crippen molar-refractivity contribution in [3.63, 3.8) is 0 Å². The Kier molecular flexibility index (Phi) is 7.06. The lowest BCUT2D eigenvalue weighted by atomic mass is 9.88. The van der Waals surface area contributed by atoms with E-state index in [2.05, 4.69) is 5.32 Å². The van der Waals surface area contributed by atoms with Gasteiger partial charge in [0, 0.05) is 12.3 Å². The summed E-state index contributed by atoms with van der Waals surface area (Å²) in [5, 5.41) is 12.3. The Morgan fingerprint density at radius 3 is 2.43 bits per heavy atom. The Bertz CT molecular complexity index is 784. The van der Waals surface area contributed by atoms with E-state index in [0.29, 0.717) is 12.4 Å². The number of carbonyl (C=O) groups excluding carboxylic acids is 1. The van der Waals surface area contributed by atoms with E-state index in [4.69, 9.17) is 4.74 Å². The van der Waals surface area contributed by atoms with Crippen LogP contribution in [0.15, 0.2) is 54.6 Å². The lowest BCUT2D eigenvalue weighted by Gasteiger charge is -2.23. The van der Waals surface area contributed by atoms with Gasteiger partial charge in [-0.3, -0.25) is 4.79 Å². The van der Waals surface area contributed by atoms with Gasteiger partial charge in [0.05, 0.1) is 0 Å². The molecule has 5 nitrogen and oxygen atoms in total. The molecular formula is C23H27NO4. The number of carbonyl (C=O) groups is 2. The van der Waals surface area contributed by atoms with E-state index in [1.165, 1.54) is 0 Å². The maximum absolute atomic E-state index is 12.4. The molecule has 2 aromatic rings. The van der Waals surface area contributed by atoms with Crippen molar-refractivity contribution in [1.29, 1.82) is 0 Å². The molecule has 0 aromatic heterocycles. The third-order valence-electron chi connectivity index (χ3n) is 5.18. The van der Waals surface area contributed by atoms with Crippen molar-refractivity contribution in [3.8, 4) is 5.75 Å². The number of amides is 1. The second-order valence-electron chi connectivity index (χ2n) is 7.36. The number of carboxylic acids is 1. The van der Waals surface area contributed by atoms with E-state index < -0.39 is 12.0 Å². The molecule has 1 aliphatic carbocycles. The van der Waals surface area contributed by atoms with Gasteiger partial charge in [-0.1, -0.05) is 61.7 Å². The average Bonchev–Trinajstić information content (AvgIpc) is 2.73. The van der Waals surface area contributed by atoms with E-state index in [-0.39, 0.29) is 18.2 Å². The standard InChI is InChI=1S/C23H27NO4/c25-22(19-11-5-2-6-12-19)24-21(23(26)27)15-18-10-7-13-20(14-18)28-16-17-8-3-1-4-9-17/h1,3-4,7-10,13-14,19,21H,2,5-6,11-12,15-16H2,(H,24,25)(H,26,27)/t21-/m1/s1. The topological polar surface area (TPSA) is 75.6 Å². The summed E-state index contributed by atoms with van der Waals surface area (Å²) >= 11 is 0. The van der Waals surface area contributed by atoms with Gasteiger partial charge in [-0.05, 0) is 36.1 Å². The molecule has 1 fully saturated rings. The zero-order chi connectivity index (χ0) is 19.8. The fourth-order valence-electron chi connectivity index (χ4n) is 3.59. The smallest absolute Gasteiger partial charge is 0.326 e. The molecule has 0 saturated heterocycles. The highest BCUT2D eigenvalue weighted by atomic mass is 16.5. The highest BCUT2D eigenvalue weighted by Crippen LogP contribution is 2.24. The van der Waals surface area contributed by atoms with Gasteiger partial charge < -0.3 is 15.2 Å². The minimum atomic E-state index is -1.01. The monoisotopic (exact) mass is 381 g/mol. The molecular weight excluding hydrogens is 354 g/mol. The first-order valence-corrected chi connectivity index (χ1v) is 9.90.